The number of carboxylic acids is 1. The first-order valence-electron chi connectivity index (χ1n) is 13.9. The molecule has 0 radical (unpaired) electrons. The lowest BCUT2D eigenvalue weighted by molar-refractivity contribution is -0.136. The number of methoxy groups -OCH3 is 2. The fourth-order valence-electron chi connectivity index (χ4n) is 4.52. The summed E-state index contributed by atoms with van der Waals surface area (Å²) < 4.78 is 10.5. The second kappa shape index (κ2) is 15.5. The number of aromatic nitrogens is 2. The van der Waals surface area contributed by atoms with E-state index in [2.05, 4.69) is 30.8 Å². The standard InChI is InChI=1S/C29H34Cl2N8O6/c1-37(29(43)36-28-26(30)20(44-2)14-21(45-3)27(28)31)23-15-22(33-17-34-23)35-18-4-6-19(7-5-18)39-12-10-38(11-13-39)16-24(40)32-9-8-25(41)42/h4-7,14-15,17H,8-13,16H2,1-3H3,(H,32,40)(H,36,43)(H,41,42)(H,33,34,35). The number of hydrogen-bond donors (Lipinski definition) is 4. The van der Waals surface area contributed by atoms with E-state index >= 15 is 0 Å². The fourth-order valence-corrected chi connectivity index (χ4v) is 5.12. The van der Waals surface area contributed by atoms with Gasteiger partial charge in [0.25, 0.3) is 0 Å². The summed E-state index contributed by atoms with van der Waals surface area (Å²) in [6.45, 7) is 3.28. The minimum atomic E-state index is -0.941. The zero-order chi connectivity index (χ0) is 32.5. The highest BCUT2D eigenvalue weighted by molar-refractivity contribution is 6.41. The van der Waals surface area contributed by atoms with E-state index in [0.29, 0.717) is 24.7 Å². The number of urea groups is 1. The van der Waals surface area contributed by atoms with Gasteiger partial charge in [0, 0.05) is 63.3 Å². The van der Waals surface area contributed by atoms with Crippen molar-refractivity contribution in [2.45, 2.75) is 6.42 Å². The van der Waals surface area contributed by atoms with E-state index in [1.807, 2.05) is 29.2 Å². The number of rotatable bonds is 12. The number of halogens is 2. The Bertz CT molecular complexity index is 1490. The highest BCUT2D eigenvalue weighted by Gasteiger charge is 2.22. The molecular weight excluding hydrogens is 627 g/mol. The van der Waals surface area contributed by atoms with Gasteiger partial charge >= 0.3 is 12.0 Å². The second-order valence-electron chi connectivity index (χ2n) is 9.96. The Morgan fingerprint density at radius 1 is 0.978 bits per heavy atom. The van der Waals surface area contributed by atoms with Gasteiger partial charge in [-0.15, -0.1) is 0 Å². The molecule has 2 heterocycles. The Labute approximate surface area is 270 Å². The van der Waals surface area contributed by atoms with Crippen LogP contribution in [-0.2, 0) is 9.59 Å². The molecule has 240 valence electrons. The van der Waals surface area contributed by atoms with Gasteiger partial charge in [0.2, 0.25) is 5.91 Å². The van der Waals surface area contributed by atoms with Gasteiger partial charge in [0.05, 0.1) is 32.9 Å². The van der Waals surface area contributed by atoms with Crippen molar-refractivity contribution in [2.24, 2.45) is 0 Å². The third-order valence-electron chi connectivity index (χ3n) is 7.01. The molecule has 3 aromatic rings. The summed E-state index contributed by atoms with van der Waals surface area (Å²) in [5, 5.41) is 17.5. The van der Waals surface area contributed by atoms with Crippen LogP contribution in [0.5, 0.6) is 11.5 Å². The zero-order valence-electron chi connectivity index (χ0n) is 25.0. The number of benzene rings is 2. The molecule has 1 aliphatic rings. The molecule has 0 saturated carbocycles. The summed E-state index contributed by atoms with van der Waals surface area (Å²) in [4.78, 5) is 49.8. The summed E-state index contributed by atoms with van der Waals surface area (Å²) in [7, 11) is 4.43. The van der Waals surface area contributed by atoms with Crippen molar-refractivity contribution in [3.63, 3.8) is 0 Å². The van der Waals surface area contributed by atoms with Crippen molar-refractivity contribution in [3.05, 3.63) is 52.8 Å². The number of ether oxygens (including phenoxy) is 2. The van der Waals surface area contributed by atoms with Crippen LogP contribution in [-0.4, -0.2) is 98.4 Å². The molecule has 1 fully saturated rings. The van der Waals surface area contributed by atoms with E-state index in [0.717, 1.165) is 24.5 Å². The highest BCUT2D eigenvalue weighted by Crippen LogP contribution is 2.44. The largest absolute Gasteiger partial charge is 0.495 e. The Balaban J connectivity index is 1.32. The molecule has 0 unspecified atom stereocenters. The van der Waals surface area contributed by atoms with Crippen LogP contribution in [0.25, 0.3) is 0 Å². The third-order valence-corrected chi connectivity index (χ3v) is 7.76. The first-order valence-corrected chi connectivity index (χ1v) is 14.6. The van der Waals surface area contributed by atoms with Crippen LogP contribution < -0.4 is 35.2 Å². The normalized spacial score (nSPS) is 13.1. The SMILES string of the molecule is COc1cc(OC)c(Cl)c(NC(=O)N(C)c2cc(Nc3ccc(N4CCN(CC(=O)NCCC(=O)O)CC4)cc3)ncn2)c1Cl. The fraction of sp³-hybridized carbons (Fsp3) is 0.345. The maximum Gasteiger partial charge on any atom is 0.327 e. The first kappa shape index (κ1) is 33.4. The van der Waals surface area contributed by atoms with Crippen LogP contribution in [0.15, 0.2) is 42.7 Å². The highest BCUT2D eigenvalue weighted by atomic mass is 35.5. The van der Waals surface area contributed by atoms with Crippen molar-refractivity contribution in [3.8, 4) is 11.5 Å². The van der Waals surface area contributed by atoms with Gasteiger partial charge in [-0.2, -0.15) is 0 Å². The molecule has 4 N–H and O–H groups in total. The summed E-state index contributed by atoms with van der Waals surface area (Å²) in [6.07, 6.45) is 1.25. The van der Waals surface area contributed by atoms with Gasteiger partial charge in [-0.25, -0.2) is 14.8 Å². The minimum Gasteiger partial charge on any atom is -0.495 e. The van der Waals surface area contributed by atoms with Crippen molar-refractivity contribution in [1.29, 1.82) is 0 Å². The van der Waals surface area contributed by atoms with Crippen molar-refractivity contribution < 1.29 is 29.0 Å². The minimum absolute atomic E-state index is 0.0934. The number of hydrogen-bond acceptors (Lipinski definition) is 10. The third kappa shape index (κ3) is 8.77. The molecule has 3 amide bonds. The Morgan fingerprint density at radius 2 is 1.62 bits per heavy atom. The molecule has 1 saturated heterocycles. The maximum atomic E-state index is 13.1. The van der Waals surface area contributed by atoms with Gasteiger partial charge in [-0.1, -0.05) is 23.2 Å². The molecule has 0 aliphatic carbocycles. The Kier molecular flexibility index (Phi) is 11.5. The van der Waals surface area contributed by atoms with Gasteiger partial charge < -0.3 is 35.4 Å². The van der Waals surface area contributed by atoms with Crippen molar-refractivity contribution >= 4 is 69.8 Å². The van der Waals surface area contributed by atoms with Crippen LogP contribution >= 0.6 is 23.2 Å². The summed E-state index contributed by atoms with van der Waals surface area (Å²) in [6, 6.07) is 10.4. The monoisotopic (exact) mass is 660 g/mol. The van der Waals surface area contributed by atoms with E-state index in [4.69, 9.17) is 37.8 Å². The number of aliphatic carboxylic acids is 1. The molecule has 45 heavy (non-hydrogen) atoms. The molecule has 16 heteroatoms. The predicted molar refractivity (Wildman–Crippen MR) is 173 cm³/mol. The maximum absolute atomic E-state index is 13.1. The van der Waals surface area contributed by atoms with Gasteiger partial charge in [0.15, 0.2) is 0 Å². The predicted octanol–water partition coefficient (Wildman–Crippen LogP) is 3.93. The molecule has 1 aromatic heterocycles. The summed E-state index contributed by atoms with van der Waals surface area (Å²) >= 11 is 12.8. The molecule has 0 bridgehead atoms. The van der Waals surface area contributed by atoms with Crippen LogP contribution in [0.1, 0.15) is 6.42 Å². The Morgan fingerprint density at radius 3 is 2.22 bits per heavy atom. The quantitative estimate of drug-likeness (QED) is 0.223. The van der Waals surface area contributed by atoms with Crippen molar-refractivity contribution in [1.82, 2.24) is 20.2 Å². The van der Waals surface area contributed by atoms with Crippen LogP contribution in [0.2, 0.25) is 10.0 Å². The lowest BCUT2D eigenvalue weighted by atomic mass is 10.2. The second-order valence-corrected chi connectivity index (χ2v) is 10.7. The van der Waals surface area contributed by atoms with Gasteiger partial charge in [-0.05, 0) is 24.3 Å². The molecule has 2 aromatic carbocycles. The topological polar surface area (TPSA) is 161 Å². The number of carboxylic acid groups (broad SMARTS) is 1. The number of nitrogens with one attached hydrogen (secondary N) is 3. The molecule has 1 aliphatic heterocycles. The van der Waals surface area contributed by atoms with E-state index in [1.54, 1.807) is 13.1 Å². The number of carbonyl (C=O) groups excluding carboxylic acids is 2. The molecule has 0 atom stereocenters. The lowest BCUT2D eigenvalue weighted by Crippen LogP contribution is -2.49. The first-order chi connectivity index (χ1) is 21.6. The average molecular weight is 662 g/mol. The number of anilines is 5. The van der Waals surface area contributed by atoms with E-state index in [9.17, 15) is 14.4 Å². The number of nitrogens with zero attached hydrogens (tertiary/aromatic N) is 5. The van der Waals surface area contributed by atoms with Gasteiger partial charge in [-0.3, -0.25) is 19.4 Å². The van der Waals surface area contributed by atoms with Gasteiger partial charge in [0.1, 0.15) is 39.5 Å². The smallest absolute Gasteiger partial charge is 0.327 e. The summed E-state index contributed by atoms with van der Waals surface area (Å²) in [5.41, 5.74) is 1.96. The molecule has 4 rings (SSSR count). The zero-order valence-corrected chi connectivity index (χ0v) is 26.5. The number of piperazine rings is 1. The molecule has 0 spiro atoms. The molecule has 14 nitrogen and oxygen atoms in total. The average Bonchev–Trinajstić information content (AvgIpc) is 3.03. The summed E-state index contributed by atoms with van der Waals surface area (Å²) in [5.74, 6) is 0.246. The number of carbonyl (C=O) groups is 3. The van der Waals surface area contributed by atoms with Crippen LogP contribution in [0.4, 0.5) is 33.5 Å². The number of amides is 3. The van der Waals surface area contributed by atoms with Crippen LogP contribution in [0.3, 0.4) is 0 Å². The van der Waals surface area contributed by atoms with E-state index in [-0.39, 0.29) is 52.6 Å². The van der Waals surface area contributed by atoms with Crippen LogP contribution in [0, 0.1) is 0 Å². The Hall–Kier alpha value is -4.53. The molecular formula is C29H34Cl2N8O6. The van der Waals surface area contributed by atoms with E-state index in [1.165, 1.54) is 31.5 Å². The van der Waals surface area contributed by atoms with E-state index < -0.39 is 12.0 Å². The van der Waals surface area contributed by atoms with Crippen molar-refractivity contribution in [2.75, 3.05) is 81.0 Å². The lowest BCUT2D eigenvalue weighted by Gasteiger charge is -2.35.